The number of benzene rings is 1. The molecule has 0 unspecified atom stereocenters. The van der Waals surface area contributed by atoms with Crippen molar-refractivity contribution in [3.05, 3.63) is 35.4 Å². The van der Waals surface area contributed by atoms with Crippen molar-refractivity contribution in [3.8, 4) is 11.5 Å². The highest BCUT2D eigenvalue weighted by molar-refractivity contribution is 6.16. The van der Waals surface area contributed by atoms with Gasteiger partial charge in [0.2, 0.25) is 0 Å². The number of aromatic nitrogens is 2. The number of hydrogen-bond acceptors (Lipinski definition) is 3. The van der Waals surface area contributed by atoms with Crippen LogP contribution in [-0.4, -0.2) is 10.1 Å². The van der Waals surface area contributed by atoms with Crippen LogP contribution in [0.3, 0.4) is 0 Å². The van der Waals surface area contributed by atoms with E-state index in [1.54, 1.807) is 12.1 Å². The monoisotopic (exact) mass is 226 g/mol. The zero-order valence-electron chi connectivity index (χ0n) is 8.00. The number of hydrogen-bond donors (Lipinski definition) is 0. The Kier molecular flexibility index (Phi) is 2.68. The fourth-order valence-corrected chi connectivity index (χ4v) is 1.32. The molecule has 0 atom stereocenters. The van der Waals surface area contributed by atoms with E-state index in [2.05, 4.69) is 10.1 Å². The highest BCUT2D eigenvalue weighted by atomic mass is 35.5. The third kappa shape index (κ3) is 1.99. The van der Waals surface area contributed by atoms with Gasteiger partial charge in [-0.15, -0.1) is 11.6 Å². The largest absolute Gasteiger partial charge is 0.334 e. The molecule has 0 aliphatic heterocycles. The van der Waals surface area contributed by atoms with Crippen molar-refractivity contribution in [2.24, 2.45) is 0 Å². The van der Waals surface area contributed by atoms with Gasteiger partial charge in [-0.1, -0.05) is 11.2 Å². The van der Waals surface area contributed by atoms with Gasteiger partial charge in [0.25, 0.3) is 5.89 Å². The van der Waals surface area contributed by atoms with E-state index in [9.17, 15) is 4.39 Å². The van der Waals surface area contributed by atoms with Gasteiger partial charge < -0.3 is 4.52 Å². The summed E-state index contributed by atoms with van der Waals surface area (Å²) in [4.78, 5) is 3.94. The molecule has 2 aromatic rings. The standard InChI is InChI=1S/C10H8ClFN2O/c1-6-2-3-7(8(12)4-6)10-13-9(5-11)14-15-10/h2-4H,5H2,1H3. The Morgan fingerprint density at radius 1 is 1.47 bits per heavy atom. The second-order valence-corrected chi connectivity index (χ2v) is 3.40. The molecule has 0 radical (unpaired) electrons. The van der Waals surface area contributed by atoms with E-state index in [4.69, 9.17) is 16.1 Å². The molecule has 1 aromatic heterocycles. The molecule has 0 spiro atoms. The molecule has 0 fully saturated rings. The lowest BCUT2D eigenvalue weighted by atomic mass is 10.1. The predicted molar refractivity (Wildman–Crippen MR) is 54.0 cm³/mol. The minimum Gasteiger partial charge on any atom is -0.334 e. The van der Waals surface area contributed by atoms with Gasteiger partial charge in [0, 0.05) is 0 Å². The van der Waals surface area contributed by atoms with Crippen molar-refractivity contribution in [3.63, 3.8) is 0 Å². The fourth-order valence-electron chi connectivity index (χ4n) is 1.21. The summed E-state index contributed by atoms with van der Waals surface area (Å²) in [5.41, 5.74) is 1.14. The average molecular weight is 227 g/mol. The third-order valence-corrected chi connectivity index (χ3v) is 2.18. The number of halogens is 2. The maximum atomic E-state index is 13.5. The Morgan fingerprint density at radius 3 is 2.87 bits per heavy atom. The Bertz CT molecular complexity index is 484. The molecule has 78 valence electrons. The van der Waals surface area contributed by atoms with Gasteiger partial charge in [-0.05, 0) is 24.6 Å². The first-order valence-corrected chi connectivity index (χ1v) is 4.89. The van der Waals surface area contributed by atoms with Crippen molar-refractivity contribution in [2.75, 3.05) is 0 Å². The summed E-state index contributed by atoms with van der Waals surface area (Å²) in [6.45, 7) is 1.81. The van der Waals surface area contributed by atoms with E-state index in [0.717, 1.165) is 5.56 Å². The molecular weight excluding hydrogens is 219 g/mol. The van der Waals surface area contributed by atoms with Crippen LogP contribution in [0.15, 0.2) is 22.7 Å². The summed E-state index contributed by atoms with van der Waals surface area (Å²) >= 11 is 5.51. The minimum absolute atomic E-state index is 0.150. The molecule has 15 heavy (non-hydrogen) atoms. The van der Waals surface area contributed by atoms with Crippen LogP contribution in [0, 0.1) is 12.7 Å². The second-order valence-electron chi connectivity index (χ2n) is 3.13. The van der Waals surface area contributed by atoms with Gasteiger partial charge in [0.1, 0.15) is 5.82 Å². The zero-order valence-corrected chi connectivity index (χ0v) is 8.75. The smallest absolute Gasteiger partial charge is 0.260 e. The molecule has 0 aliphatic rings. The lowest BCUT2D eigenvalue weighted by Gasteiger charge is -1.97. The molecule has 0 saturated carbocycles. The first kappa shape index (κ1) is 10.1. The van der Waals surface area contributed by atoms with Crippen molar-refractivity contribution < 1.29 is 8.91 Å². The molecule has 0 saturated heterocycles. The summed E-state index contributed by atoms with van der Waals surface area (Å²) in [5.74, 6) is 0.284. The molecule has 2 rings (SSSR count). The summed E-state index contributed by atoms with van der Waals surface area (Å²) < 4.78 is 18.4. The highest BCUT2D eigenvalue weighted by Gasteiger charge is 2.12. The maximum absolute atomic E-state index is 13.5. The fraction of sp³-hybridized carbons (Fsp3) is 0.200. The first-order valence-electron chi connectivity index (χ1n) is 4.36. The quantitative estimate of drug-likeness (QED) is 0.739. The molecule has 1 heterocycles. The van der Waals surface area contributed by atoms with E-state index >= 15 is 0 Å². The van der Waals surface area contributed by atoms with Crippen molar-refractivity contribution >= 4 is 11.6 Å². The van der Waals surface area contributed by atoms with Crippen LogP contribution in [0.1, 0.15) is 11.4 Å². The molecule has 0 amide bonds. The Morgan fingerprint density at radius 2 is 2.27 bits per heavy atom. The zero-order chi connectivity index (χ0) is 10.8. The second kappa shape index (κ2) is 3.98. The van der Waals surface area contributed by atoms with Crippen LogP contribution in [0.5, 0.6) is 0 Å². The maximum Gasteiger partial charge on any atom is 0.260 e. The minimum atomic E-state index is -0.375. The Labute approximate surface area is 90.9 Å². The molecule has 5 heteroatoms. The van der Waals surface area contributed by atoms with Gasteiger partial charge in [-0.3, -0.25) is 0 Å². The van der Waals surface area contributed by atoms with Gasteiger partial charge in [0.15, 0.2) is 5.82 Å². The SMILES string of the molecule is Cc1ccc(-c2nc(CCl)no2)c(F)c1. The molecule has 0 N–H and O–H groups in total. The van der Waals surface area contributed by atoms with Crippen LogP contribution < -0.4 is 0 Å². The van der Waals surface area contributed by atoms with Crippen LogP contribution in [0.25, 0.3) is 11.5 Å². The van der Waals surface area contributed by atoms with Crippen molar-refractivity contribution in [1.29, 1.82) is 0 Å². The Hall–Kier alpha value is -1.42. The van der Waals surface area contributed by atoms with Crippen molar-refractivity contribution in [1.82, 2.24) is 10.1 Å². The van der Waals surface area contributed by atoms with Gasteiger partial charge >= 0.3 is 0 Å². The Balaban J connectivity index is 2.44. The van der Waals surface area contributed by atoms with Crippen LogP contribution in [0.4, 0.5) is 4.39 Å². The summed E-state index contributed by atoms with van der Waals surface area (Å²) in [7, 11) is 0. The highest BCUT2D eigenvalue weighted by Crippen LogP contribution is 2.21. The summed E-state index contributed by atoms with van der Waals surface area (Å²) in [5, 5.41) is 3.59. The summed E-state index contributed by atoms with van der Waals surface area (Å²) in [6, 6.07) is 4.80. The van der Waals surface area contributed by atoms with E-state index in [1.807, 2.05) is 6.92 Å². The molecule has 3 nitrogen and oxygen atoms in total. The van der Waals surface area contributed by atoms with Crippen LogP contribution in [-0.2, 0) is 5.88 Å². The molecule has 0 bridgehead atoms. The average Bonchev–Trinajstić information content (AvgIpc) is 2.66. The molecular formula is C10H8ClFN2O. The van der Waals surface area contributed by atoms with Crippen LogP contribution in [0.2, 0.25) is 0 Å². The predicted octanol–water partition coefficient (Wildman–Crippen LogP) is 2.92. The molecule has 0 aliphatic carbocycles. The number of rotatable bonds is 2. The normalized spacial score (nSPS) is 10.6. The molecule has 1 aromatic carbocycles. The first-order chi connectivity index (χ1) is 7.20. The van der Waals surface area contributed by atoms with Crippen molar-refractivity contribution in [2.45, 2.75) is 12.8 Å². The van der Waals surface area contributed by atoms with Crippen LogP contribution >= 0.6 is 11.6 Å². The van der Waals surface area contributed by atoms with E-state index in [-0.39, 0.29) is 17.6 Å². The number of alkyl halides is 1. The van der Waals surface area contributed by atoms with Gasteiger partial charge in [0.05, 0.1) is 11.4 Å². The topological polar surface area (TPSA) is 38.9 Å². The van der Waals surface area contributed by atoms with E-state index < -0.39 is 0 Å². The van der Waals surface area contributed by atoms with Gasteiger partial charge in [-0.2, -0.15) is 4.98 Å². The van der Waals surface area contributed by atoms with E-state index in [1.165, 1.54) is 6.07 Å². The lowest BCUT2D eigenvalue weighted by Crippen LogP contribution is -1.86. The van der Waals surface area contributed by atoms with E-state index in [0.29, 0.717) is 11.4 Å². The third-order valence-electron chi connectivity index (χ3n) is 1.94. The summed E-state index contributed by atoms with van der Waals surface area (Å²) in [6.07, 6.45) is 0. The number of aryl methyl sites for hydroxylation is 1. The lowest BCUT2D eigenvalue weighted by molar-refractivity contribution is 0.422. The number of nitrogens with zero attached hydrogens (tertiary/aromatic N) is 2. The van der Waals surface area contributed by atoms with Gasteiger partial charge in [-0.25, -0.2) is 4.39 Å².